The van der Waals surface area contributed by atoms with E-state index in [0.717, 1.165) is 25.1 Å². The van der Waals surface area contributed by atoms with Gasteiger partial charge in [-0.05, 0) is 37.1 Å². The molecule has 0 aromatic heterocycles. The number of hydrogen-bond donors (Lipinski definition) is 0. The Morgan fingerprint density at radius 3 is 2.25 bits per heavy atom. The Balaban J connectivity index is 1.59. The van der Waals surface area contributed by atoms with Gasteiger partial charge in [-0.15, -0.1) is 0 Å². The number of hydrazine groups is 1. The molecule has 7 heteroatoms. The zero-order chi connectivity index (χ0) is 19.6. The van der Waals surface area contributed by atoms with Gasteiger partial charge in [0, 0.05) is 18.1 Å². The van der Waals surface area contributed by atoms with Crippen molar-refractivity contribution < 1.29 is 9.59 Å². The minimum Gasteiger partial charge on any atom is -0.274 e. The Bertz CT molecular complexity index is 978. The van der Waals surface area contributed by atoms with Crippen LogP contribution in [0.4, 0.5) is 5.69 Å². The molecular weight excluding hydrogens is 397 g/mol. The lowest BCUT2D eigenvalue weighted by atomic mass is 9.89. The van der Waals surface area contributed by atoms with Gasteiger partial charge in [0.1, 0.15) is 6.04 Å². The average Bonchev–Trinajstić information content (AvgIpc) is 3.30. The first-order chi connectivity index (χ1) is 13.5. The molecule has 5 nitrogen and oxygen atoms in total. The third-order valence-electron chi connectivity index (χ3n) is 5.98. The molecule has 3 fully saturated rings. The predicted octanol–water partition coefficient (Wildman–Crippen LogP) is 3.84. The number of amides is 2. The number of imide groups is 1. The van der Waals surface area contributed by atoms with Crippen molar-refractivity contribution >= 4 is 40.7 Å². The lowest BCUT2D eigenvalue weighted by Gasteiger charge is -2.30. The monoisotopic (exact) mass is 415 g/mol. The smallest absolute Gasteiger partial charge is 0.253 e. The lowest BCUT2D eigenvalue weighted by Crippen LogP contribution is -2.44. The summed E-state index contributed by atoms with van der Waals surface area (Å²) in [4.78, 5) is 28.1. The zero-order valence-electron chi connectivity index (χ0n) is 15.3. The molecule has 0 unspecified atom stereocenters. The van der Waals surface area contributed by atoms with E-state index in [1.165, 1.54) is 10.5 Å². The maximum Gasteiger partial charge on any atom is 0.253 e. The Kier molecular flexibility index (Phi) is 4.25. The van der Waals surface area contributed by atoms with Crippen LogP contribution in [0.2, 0.25) is 10.0 Å². The fourth-order valence-corrected chi connectivity index (χ4v) is 5.27. The van der Waals surface area contributed by atoms with Crippen LogP contribution in [0.1, 0.15) is 23.6 Å². The first-order valence-electron chi connectivity index (χ1n) is 9.40. The zero-order valence-corrected chi connectivity index (χ0v) is 16.8. The number of hydrogen-bond acceptors (Lipinski definition) is 4. The van der Waals surface area contributed by atoms with Crippen molar-refractivity contribution in [3.05, 3.63) is 63.6 Å². The van der Waals surface area contributed by atoms with Crippen molar-refractivity contribution in [1.82, 2.24) is 10.0 Å². The number of fused-ring (bicyclic) bond motifs is 3. The third-order valence-corrected chi connectivity index (χ3v) is 6.51. The molecule has 2 aromatic carbocycles. The molecule has 5 rings (SSSR count). The highest BCUT2D eigenvalue weighted by molar-refractivity contribution is 6.38. The molecule has 2 aromatic rings. The fourth-order valence-electron chi connectivity index (χ4n) is 4.78. The number of rotatable bonds is 2. The summed E-state index contributed by atoms with van der Waals surface area (Å²) in [6, 6.07) is 12.5. The summed E-state index contributed by atoms with van der Waals surface area (Å²) in [6.07, 6.45) is 0.981. The number of halogens is 2. The minimum atomic E-state index is -0.479. The van der Waals surface area contributed by atoms with Gasteiger partial charge >= 0.3 is 0 Å². The molecule has 28 heavy (non-hydrogen) atoms. The Morgan fingerprint density at radius 1 is 0.893 bits per heavy atom. The van der Waals surface area contributed by atoms with Crippen LogP contribution in [0, 0.1) is 12.8 Å². The molecule has 2 amide bonds. The van der Waals surface area contributed by atoms with Crippen LogP contribution in [0.25, 0.3) is 0 Å². The highest BCUT2D eigenvalue weighted by atomic mass is 35.5. The van der Waals surface area contributed by atoms with Crippen LogP contribution in [-0.2, 0) is 9.59 Å². The quantitative estimate of drug-likeness (QED) is 0.698. The van der Waals surface area contributed by atoms with E-state index in [0.29, 0.717) is 15.7 Å². The Labute approximate surface area is 173 Å². The Morgan fingerprint density at radius 2 is 1.57 bits per heavy atom. The predicted molar refractivity (Wildman–Crippen MR) is 108 cm³/mol. The normalized spacial score (nSPS) is 27.5. The van der Waals surface area contributed by atoms with Crippen LogP contribution in [-0.4, -0.2) is 41.0 Å². The van der Waals surface area contributed by atoms with Gasteiger partial charge in [0.05, 0.1) is 22.7 Å². The van der Waals surface area contributed by atoms with Gasteiger partial charge in [0.15, 0.2) is 0 Å². The fraction of sp³-hybridized carbons (Fsp3) is 0.333. The van der Waals surface area contributed by atoms with Crippen LogP contribution in [0.5, 0.6) is 0 Å². The van der Waals surface area contributed by atoms with Crippen molar-refractivity contribution in [2.45, 2.75) is 25.4 Å². The van der Waals surface area contributed by atoms with Crippen molar-refractivity contribution in [3.63, 3.8) is 0 Å². The molecule has 3 heterocycles. The van der Waals surface area contributed by atoms with E-state index in [9.17, 15) is 9.59 Å². The molecule has 144 valence electrons. The van der Waals surface area contributed by atoms with Gasteiger partial charge in [-0.1, -0.05) is 53.0 Å². The summed E-state index contributed by atoms with van der Waals surface area (Å²) in [6.45, 7) is 3.68. The van der Waals surface area contributed by atoms with E-state index < -0.39 is 12.0 Å². The molecule has 0 N–H and O–H groups in total. The largest absolute Gasteiger partial charge is 0.274 e. The molecule has 3 aliphatic rings. The number of anilines is 1. The molecule has 0 aliphatic carbocycles. The van der Waals surface area contributed by atoms with E-state index in [1.807, 2.05) is 6.92 Å². The minimum absolute atomic E-state index is 0.138. The summed E-state index contributed by atoms with van der Waals surface area (Å²) in [5, 5.41) is 5.06. The van der Waals surface area contributed by atoms with Gasteiger partial charge in [0.25, 0.3) is 5.91 Å². The van der Waals surface area contributed by atoms with Crippen LogP contribution in [0.15, 0.2) is 42.5 Å². The topological polar surface area (TPSA) is 43.9 Å². The summed E-state index contributed by atoms with van der Waals surface area (Å²) in [7, 11) is 0. The highest BCUT2D eigenvalue weighted by Crippen LogP contribution is 2.49. The van der Waals surface area contributed by atoms with Crippen LogP contribution in [0.3, 0.4) is 0 Å². The Hall–Kier alpha value is -1.92. The summed E-state index contributed by atoms with van der Waals surface area (Å²) >= 11 is 12.3. The highest BCUT2D eigenvalue weighted by Gasteiger charge is 2.63. The molecular formula is C21H19Cl2N3O2. The molecule has 3 saturated heterocycles. The summed E-state index contributed by atoms with van der Waals surface area (Å²) < 4.78 is 0. The van der Waals surface area contributed by atoms with Gasteiger partial charge in [0.2, 0.25) is 5.91 Å². The van der Waals surface area contributed by atoms with Gasteiger partial charge in [-0.2, -0.15) is 0 Å². The molecule has 3 aliphatic heterocycles. The van der Waals surface area contributed by atoms with Crippen molar-refractivity contribution in [2.24, 2.45) is 5.92 Å². The van der Waals surface area contributed by atoms with E-state index >= 15 is 0 Å². The lowest BCUT2D eigenvalue weighted by molar-refractivity contribution is -0.126. The number of carbonyl (C=O) groups is 2. The van der Waals surface area contributed by atoms with Gasteiger partial charge < -0.3 is 0 Å². The maximum atomic E-state index is 13.5. The molecule has 3 atom stereocenters. The number of benzene rings is 2. The third kappa shape index (κ3) is 2.54. The average molecular weight is 416 g/mol. The molecule has 0 spiro atoms. The van der Waals surface area contributed by atoms with Crippen LogP contribution >= 0.6 is 23.2 Å². The second-order valence-electron chi connectivity index (χ2n) is 7.61. The SMILES string of the molecule is Cc1ccc([C@H]2[C@@H]3C(=O)N(c4ccc(Cl)cc4Cl)C(=O)[C@H]3N3CCCN23)cc1. The first kappa shape index (κ1) is 18.1. The standard InChI is InChI=1S/C21H19Cl2N3O2/c1-12-3-5-13(6-4-12)18-17-19(25-10-2-9-24(18)25)21(28)26(20(17)27)16-8-7-14(22)11-15(16)23/h3-8,11,17-19H,2,9-10H2,1H3/t17-,18-,19-/m0/s1. The molecule has 0 radical (unpaired) electrons. The number of nitrogens with zero attached hydrogens (tertiary/aromatic N) is 3. The number of carbonyl (C=O) groups excluding carboxylic acids is 2. The van der Waals surface area contributed by atoms with Gasteiger partial charge in [-0.25, -0.2) is 14.9 Å². The van der Waals surface area contributed by atoms with E-state index in [2.05, 4.69) is 34.3 Å². The van der Waals surface area contributed by atoms with Crippen molar-refractivity contribution in [3.8, 4) is 0 Å². The number of aryl methyl sites for hydroxylation is 1. The van der Waals surface area contributed by atoms with E-state index in [1.54, 1.807) is 18.2 Å². The second kappa shape index (κ2) is 6.56. The van der Waals surface area contributed by atoms with Crippen molar-refractivity contribution in [2.75, 3.05) is 18.0 Å². The summed E-state index contributed by atoms with van der Waals surface area (Å²) in [5.74, 6) is -0.845. The van der Waals surface area contributed by atoms with E-state index in [4.69, 9.17) is 23.2 Å². The van der Waals surface area contributed by atoms with E-state index in [-0.39, 0.29) is 17.9 Å². The molecule has 0 bridgehead atoms. The molecule has 0 saturated carbocycles. The second-order valence-corrected chi connectivity index (χ2v) is 8.46. The van der Waals surface area contributed by atoms with Crippen LogP contribution < -0.4 is 4.90 Å². The maximum absolute atomic E-state index is 13.5. The van der Waals surface area contributed by atoms with Gasteiger partial charge in [-0.3, -0.25) is 9.59 Å². The summed E-state index contributed by atoms with van der Waals surface area (Å²) in [5.41, 5.74) is 2.64. The first-order valence-corrected chi connectivity index (χ1v) is 10.2. The van der Waals surface area contributed by atoms with Crippen molar-refractivity contribution in [1.29, 1.82) is 0 Å².